The molecule has 0 unspecified atom stereocenters. The summed E-state index contributed by atoms with van der Waals surface area (Å²) >= 11 is 0. The van der Waals surface area contributed by atoms with Gasteiger partial charge < -0.3 is 18.9 Å². The molecule has 0 N–H and O–H groups in total. The van der Waals surface area contributed by atoms with Gasteiger partial charge in [0.05, 0.1) is 0 Å². The van der Waals surface area contributed by atoms with Crippen LogP contribution in [0.5, 0.6) is 23.0 Å². The number of hydrogen-bond acceptors (Lipinski definition) is 4. The van der Waals surface area contributed by atoms with Gasteiger partial charge in [0, 0.05) is 5.39 Å². The molecule has 2 heterocycles. The average Bonchev–Trinajstić information content (AvgIpc) is 3.32. The highest BCUT2D eigenvalue weighted by molar-refractivity contribution is 6.06. The monoisotopic (exact) mass is 348 g/mol. The SMILES string of the molecule is CCc1c(C)c(C)c2ccc3c(c2c1-c1ccc2c(c1)OCO2)OCO3. The minimum atomic E-state index is 0.267. The van der Waals surface area contributed by atoms with Crippen molar-refractivity contribution in [3.8, 4) is 34.1 Å². The highest BCUT2D eigenvalue weighted by atomic mass is 16.7. The van der Waals surface area contributed by atoms with Gasteiger partial charge in [-0.15, -0.1) is 0 Å². The first-order chi connectivity index (χ1) is 12.7. The standard InChI is InChI=1S/C22H20O4/c1-4-15-12(2)13(3)16-6-8-18-22(26-11-24-18)21(16)20(15)14-5-7-17-19(9-14)25-10-23-17/h5-9H,4,10-11H2,1-3H3. The van der Waals surface area contributed by atoms with E-state index >= 15 is 0 Å². The summed E-state index contributed by atoms with van der Waals surface area (Å²) in [5, 5.41) is 2.33. The van der Waals surface area contributed by atoms with Crippen LogP contribution in [0.25, 0.3) is 21.9 Å². The van der Waals surface area contributed by atoms with Crippen LogP contribution in [0, 0.1) is 13.8 Å². The van der Waals surface area contributed by atoms with E-state index < -0.39 is 0 Å². The van der Waals surface area contributed by atoms with E-state index in [4.69, 9.17) is 18.9 Å². The predicted molar refractivity (Wildman–Crippen MR) is 100 cm³/mol. The van der Waals surface area contributed by atoms with E-state index in [-0.39, 0.29) is 13.6 Å². The van der Waals surface area contributed by atoms with Crippen molar-refractivity contribution in [1.82, 2.24) is 0 Å². The minimum absolute atomic E-state index is 0.267. The summed E-state index contributed by atoms with van der Waals surface area (Å²) in [4.78, 5) is 0. The van der Waals surface area contributed by atoms with Crippen molar-refractivity contribution in [3.05, 3.63) is 47.0 Å². The van der Waals surface area contributed by atoms with E-state index in [2.05, 4.69) is 39.0 Å². The third-order valence-electron chi connectivity index (χ3n) is 5.53. The second kappa shape index (κ2) is 5.56. The summed E-state index contributed by atoms with van der Waals surface area (Å²) < 4.78 is 22.6. The molecular weight excluding hydrogens is 328 g/mol. The minimum Gasteiger partial charge on any atom is -0.454 e. The smallest absolute Gasteiger partial charge is 0.231 e. The van der Waals surface area contributed by atoms with E-state index in [9.17, 15) is 0 Å². The van der Waals surface area contributed by atoms with Crippen molar-refractivity contribution in [2.45, 2.75) is 27.2 Å². The van der Waals surface area contributed by atoms with Gasteiger partial charge in [-0.05, 0) is 71.7 Å². The Bertz CT molecular complexity index is 1050. The van der Waals surface area contributed by atoms with Crippen LogP contribution in [-0.2, 0) is 6.42 Å². The fourth-order valence-electron chi connectivity index (χ4n) is 4.11. The van der Waals surface area contributed by atoms with Crippen molar-refractivity contribution >= 4 is 10.8 Å². The molecule has 2 aliphatic rings. The lowest BCUT2D eigenvalue weighted by molar-refractivity contribution is 0.174. The average molecular weight is 348 g/mol. The maximum atomic E-state index is 5.88. The molecule has 132 valence electrons. The van der Waals surface area contributed by atoms with E-state index in [1.165, 1.54) is 27.6 Å². The molecule has 4 heteroatoms. The molecule has 3 aromatic carbocycles. The topological polar surface area (TPSA) is 36.9 Å². The molecule has 0 radical (unpaired) electrons. The van der Waals surface area contributed by atoms with E-state index in [1.807, 2.05) is 12.1 Å². The van der Waals surface area contributed by atoms with Crippen LogP contribution < -0.4 is 18.9 Å². The molecule has 0 saturated carbocycles. The van der Waals surface area contributed by atoms with Crippen molar-refractivity contribution in [2.75, 3.05) is 13.6 Å². The Morgan fingerprint density at radius 2 is 1.54 bits per heavy atom. The highest BCUT2D eigenvalue weighted by Crippen LogP contribution is 2.48. The molecule has 2 aliphatic heterocycles. The van der Waals surface area contributed by atoms with Crippen LogP contribution in [0.15, 0.2) is 30.3 Å². The van der Waals surface area contributed by atoms with E-state index in [0.29, 0.717) is 0 Å². The Labute approximate surface area is 152 Å². The van der Waals surface area contributed by atoms with E-state index in [0.717, 1.165) is 40.4 Å². The maximum Gasteiger partial charge on any atom is 0.231 e. The number of benzene rings is 3. The summed E-state index contributed by atoms with van der Waals surface area (Å²) in [5.41, 5.74) is 6.26. The zero-order valence-corrected chi connectivity index (χ0v) is 15.1. The molecule has 0 spiro atoms. The molecule has 0 amide bonds. The van der Waals surface area contributed by atoms with Gasteiger partial charge in [0.25, 0.3) is 0 Å². The largest absolute Gasteiger partial charge is 0.454 e. The quantitative estimate of drug-likeness (QED) is 0.642. The molecule has 0 aromatic heterocycles. The Kier molecular flexibility index (Phi) is 3.29. The second-order valence-electron chi connectivity index (χ2n) is 6.75. The molecular formula is C22H20O4. The summed E-state index contributed by atoms with van der Waals surface area (Å²) in [6, 6.07) is 10.3. The number of aryl methyl sites for hydroxylation is 1. The lowest BCUT2D eigenvalue weighted by Gasteiger charge is -2.20. The Morgan fingerprint density at radius 3 is 2.38 bits per heavy atom. The normalized spacial score (nSPS) is 14.3. The van der Waals surface area contributed by atoms with E-state index in [1.54, 1.807) is 0 Å². The Morgan fingerprint density at radius 1 is 0.808 bits per heavy atom. The van der Waals surface area contributed by atoms with Crippen LogP contribution in [-0.4, -0.2) is 13.6 Å². The van der Waals surface area contributed by atoms with Gasteiger partial charge in [0.2, 0.25) is 13.6 Å². The predicted octanol–water partition coefficient (Wildman–Crippen LogP) is 5.14. The van der Waals surface area contributed by atoms with Crippen LogP contribution in [0.3, 0.4) is 0 Å². The van der Waals surface area contributed by atoms with Crippen LogP contribution in [0.2, 0.25) is 0 Å². The highest BCUT2D eigenvalue weighted by Gasteiger charge is 2.25. The number of hydrogen-bond donors (Lipinski definition) is 0. The fourth-order valence-corrected chi connectivity index (χ4v) is 4.11. The molecule has 0 fully saturated rings. The first-order valence-corrected chi connectivity index (χ1v) is 8.93. The van der Waals surface area contributed by atoms with Gasteiger partial charge in [-0.3, -0.25) is 0 Å². The fraction of sp³-hybridized carbons (Fsp3) is 0.273. The van der Waals surface area contributed by atoms with Crippen molar-refractivity contribution in [3.63, 3.8) is 0 Å². The number of rotatable bonds is 2. The number of ether oxygens (including phenoxy) is 4. The van der Waals surface area contributed by atoms with Gasteiger partial charge in [-0.25, -0.2) is 0 Å². The molecule has 5 rings (SSSR count). The van der Waals surface area contributed by atoms with Gasteiger partial charge in [-0.1, -0.05) is 19.1 Å². The molecule has 3 aromatic rings. The molecule has 0 bridgehead atoms. The van der Waals surface area contributed by atoms with Crippen molar-refractivity contribution in [1.29, 1.82) is 0 Å². The lowest BCUT2D eigenvalue weighted by atomic mass is 9.85. The Hall–Kier alpha value is -2.88. The second-order valence-corrected chi connectivity index (χ2v) is 6.75. The first kappa shape index (κ1) is 15.4. The zero-order valence-electron chi connectivity index (χ0n) is 15.1. The summed E-state index contributed by atoms with van der Waals surface area (Å²) in [6.07, 6.45) is 0.941. The molecule has 0 saturated heterocycles. The maximum absolute atomic E-state index is 5.88. The molecule has 4 nitrogen and oxygen atoms in total. The van der Waals surface area contributed by atoms with Crippen LogP contribution >= 0.6 is 0 Å². The molecule has 26 heavy (non-hydrogen) atoms. The molecule has 0 aliphatic carbocycles. The van der Waals surface area contributed by atoms with Crippen LogP contribution in [0.4, 0.5) is 0 Å². The van der Waals surface area contributed by atoms with Crippen LogP contribution in [0.1, 0.15) is 23.6 Å². The molecule has 0 atom stereocenters. The first-order valence-electron chi connectivity index (χ1n) is 8.93. The summed E-state index contributed by atoms with van der Waals surface area (Å²) in [5.74, 6) is 3.24. The third-order valence-corrected chi connectivity index (χ3v) is 5.53. The van der Waals surface area contributed by atoms with Gasteiger partial charge in [0.1, 0.15) is 0 Å². The third kappa shape index (κ3) is 2.02. The lowest BCUT2D eigenvalue weighted by Crippen LogP contribution is -1.99. The zero-order chi connectivity index (χ0) is 17.8. The number of fused-ring (bicyclic) bond motifs is 4. The van der Waals surface area contributed by atoms with Gasteiger partial charge in [0.15, 0.2) is 23.0 Å². The summed E-state index contributed by atoms with van der Waals surface area (Å²) in [6.45, 7) is 7.13. The Balaban J connectivity index is 1.91. The van der Waals surface area contributed by atoms with Gasteiger partial charge >= 0.3 is 0 Å². The summed E-state index contributed by atoms with van der Waals surface area (Å²) in [7, 11) is 0. The van der Waals surface area contributed by atoms with Crippen molar-refractivity contribution in [2.24, 2.45) is 0 Å². The van der Waals surface area contributed by atoms with Crippen molar-refractivity contribution < 1.29 is 18.9 Å². The van der Waals surface area contributed by atoms with Gasteiger partial charge in [-0.2, -0.15) is 0 Å².